The zero-order chi connectivity index (χ0) is 10.7. The third kappa shape index (κ3) is 2.25. The van der Waals surface area contributed by atoms with Crippen LogP contribution in [0.3, 0.4) is 0 Å². The van der Waals surface area contributed by atoms with E-state index in [9.17, 15) is 4.79 Å². The third-order valence-corrected chi connectivity index (χ3v) is 2.14. The average Bonchev–Trinajstić information content (AvgIpc) is 2.67. The van der Waals surface area contributed by atoms with E-state index in [1.807, 2.05) is 12.1 Å². The number of rotatable bonds is 3. The standard InChI is InChI=1S/C11H8ClNO2/c12-9-3-1-2-8(6-9)11-13-7-10(15-11)4-5-14/h1-3,5-7H,4H2. The number of benzene rings is 1. The van der Waals surface area contributed by atoms with Crippen LogP contribution in [0.1, 0.15) is 5.76 Å². The topological polar surface area (TPSA) is 43.1 Å². The molecule has 0 N–H and O–H groups in total. The number of hydrogen-bond acceptors (Lipinski definition) is 3. The summed E-state index contributed by atoms with van der Waals surface area (Å²) >= 11 is 5.84. The molecule has 0 atom stereocenters. The Kier molecular flexibility index (Phi) is 2.83. The molecule has 1 aromatic carbocycles. The first-order valence-electron chi connectivity index (χ1n) is 4.44. The minimum Gasteiger partial charge on any atom is -0.441 e. The van der Waals surface area contributed by atoms with E-state index in [1.54, 1.807) is 18.3 Å². The summed E-state index contributed by atoms with van der Waals surface area (Å²) in [7, 11) is 0. The van der Waals surface area contributed by atoms with Crippen LogP contribution >= 0.6 is 11.6 Å². The predicted octanol–water partition coefficient (Wildman–Crippen LogP) is 2.74. The van der Waals surface area contributed by atoms with Crippen molar-refractivity contribution in [2.24, 2.45) is 0 Å². The summed E-state index contributed by atoms with van der Waals surface area (Å²) in [6.07, 6.45) is 2.57. The van der Waals surface area contributed by atoms with Crippen LogP contribution in [-0.4, -0.2) is 11.3 Å². The summed E-state index contributed by atoms with van der Waals surface area (Å²) in [5, 5.41) is 0.627. The molecule has 0 aliphatic rings. The molecule has 0 aliphatic carbocycles. The van der Waals surface area contributed by atoms with Crippen LogP contribution in [0.15, 0.2) is 34.9 Å². The summed E-state index contributed by atoms with van der Waals surface area (Å²) < 4.78 is 5.36. The molecule has 2 rings (SSSR count). The van der Waals surface area contributed by atoms with Crippen LogP contribution in [0.5, 0.6) is 0 Å². The highest BCUT2D eigenvalue weighted by Gasteiger charge is 2.06. The fourth-order valence-electron chi connectivity index (χ4n) is 1.24. The van der Waals surface area contributed by atoms with Crippen LogP contribution in [0.4, 0.5) is 0 Å². The summed E-state index contributed by atoms with van der Waals surface area (Å²) in [5.41, 5.74) is 0.805. The van der Waals surface area contributed by atoms with E-state index in [2.05, 4.69) is 4.98 Å². The second kappa shape index (κ2) is 4.28. The van der Waals surface area contributed by atoms with Gasteiger partial charge in [0.2, 0.25) is 5.89 Å². The van der Waals surface area contributed by atoms with Crippen LogP contribution in [0.25, 0.3) is 11.5 Å². The number of carbonyl (C=O) groups is 1. The number of halogens is 1. The van der Waals surface area contributed by atoms with Gasteiger partial charge in [0, 0.05) is 10.6 Å². The van der Waals surface area contributed by atoms with Crippen molar-refractivity contribution < 1.29 is 9.21 Å². The molecule has 1 aromatic heterocycles. The van der Waals surface area contributed by atoms with E-state index in [0.717, 1.165) is 11.8 Å². The van der Waals surface area contributed by atoms with Crippen molar-refractivity contribution in [2.45, 2.75) is 6.42 Å². The number of nitrogens with zero attached hydrogens (tertiary/aromatic N) is 1. The van der Waals surface area contributed by atoms with E-state index in [4.69, 9.17) is 16.0 Å². The van der Waals surface area contributed by atoms with Gasteiger partial charge in [-0.3, -0.25) is 0 Å². The SMILES string of the molecule is O=CCc1cnc(-c2cccc(Cl)c2)o1. The van der Waals surface area contributed by atoms with Gasteiger partial charge < -0.3 is 9.21 Å². The lowest BCUT2D eigenvalue weighted by Gasteiger charge is -1.95. The van der Waals surface area contributed by atoms with Crippen LogP contribution in [0.2, 0.25) is 5.02 Å². The molecule has 0 unspecified atom stereocenters. The van der Waals surface area contributed by atoms with Crippen molar-refractivity contribution in [2.75, 3.05) is 0 Å². The monoisotopic (exact) mass is 221 g/mol. The summed E-state index contributed by atoms with van der Waals surface area (Å²) in [6, 6.07) is 7.21. The number of aldehydes is 1. The Morgan fingerprint density at radius 2 is 2.33 bits per heavy atom. The molecule has 2 aromatic rings. The van der Waals surface area contributed by atoms with Gasteiger partial charge in [0.15, 0.2) is 0 Å². The molecule has 0 radical (unpaired) electrons. The van der Waals surface area contributed by atoms with Crippen LogP contribution in [-0.2, 0) is 11.2 Å². The minimum atomic E-state index is 0.244. The molecule has 0 aliphatic heterocycles. The highest BCUT2D eigenvalue weighted by atomic mass is 35.5. The van der Waals surface area contributed by atoms with Crippen LogP contribution < -0.4 is 0 Å². The predicted molar refractivity (Wildman–Crippen MR) is 56.7 cm³/mol. The lowest BCUT2D eigenvalue weighted by Crippen LogP contribution is -1.79. The zero-order valence-corrected chi connectivity index (χ0v) is 8.57. The van der Waals surface area contributed by atoms with Gasteiger partial charge in [-0.05, 0) is 18.2 Å². The van der Waals surface area contributed by atoms with E-state index in [1.165, 1.54) is 0 Å². The first kappa shape index (κ1) is 9.93. The zero-order valence-electron chi connectivity index (χ0n) is 7.81. The lowest BCUT2D eigenvalue weighted by atomic mass is 10.2. The highest BCUT2D eigenvalue weighted by Crippen LogP contribution is 2.22. The van der Waals surface area contributed by atoms with E-state index in [-0.39, 0.29) is 6.42 Å². The van der Waals surface area contributed by atoms with Gasteiger partial charge in [-0.1, -0.05) is 17.7 Å². The number of oxazole rings is 1. The Morgan fingerprint density at radius 3 is 3.07 bits per heavy atom. The van der Waals surface area contributed by atoms with Crippen molar-refractivity contribution in [3.8, 4) is 11.5 Å². The molecule has 0 amide bonds. The van der Waals surface area contributed by atoms with Gasteiger partial charge in [0.05, 0.1) is 12.6 Å². The maximum atomic E-state index is 10.3. The Morgan fingerprint density at radius 1 is 1.47 bits per heavy atom. The fraction of sp³-hybridized carbons (Fsp3) is 0.0909. The molecule has 15 heavy (non-hydrogen) atoms. The van der Waals surface area contributed by atoms with Gasteiger partial charge in [-0.25, -0.2) is 4.98 Å². The van der Waals surface area contributed by atoms with Crippen molar-refractivity contribution in [3.63, 3.8) is 0 Å². The molecule has 0 saturated carbocycles. The molecule has 76 valence electrons. The number of hydrogen-bond donors (Lipinski definition) is 0. The van der Waals surface area contributed by atoms with E-state index < -0.39 is 0 Å². The summed E-state index contributed by atoms with van der Waals surface area (Å²) in [4.78, 5) is 14.3. The van der Waals surface area contributed by atoms with Gasteiger partial charge >= 0.3 is 0 Å². The quantitative estimate of drug-likeness (QED) is 0.749. The molecule has 0 bridgehead atoms. The summed E-state index contributed by atoms with van der Waals surface area (Å²) in [6.45, 7) is 0. The van der Waals surface area contributed by atoms with Gasteiger partial charge in [0.1, 0.15) is 12.0 Å². The molecule has 0 saturated heterocycles. The smallest absolute Gasteiger partial charge is 0.226 e. The number of aromatic nitrogens is 1. The molecule has 1 heterocycles. The van der Waals surface area contributed by atoms with Gasteiger partial charge in [-0.2, -0.15) is 0 Å². The highest BCUT2D eigenvalue weighted by molar-refractivity contribution is 6.30. The van der Waals surface area contributed by atoms with E-state index >= 15 is 0 Å². The second-order valence-corrected chi connectivity index (χ2v) is 3.45. The third-order valence-electron chi connectivity index (χ3n) is 1.91. The molecule has 4 heteroatoms. The van der Waals surface area contributed by atoms with Gasteiger partial charge in [0.25, 0.3) is 0 Å². The fourth-order valence-corrected chi connectivity index (χ4v) is 1.43. The first-order chi connectivity index (χ1) is 7.29. The van der Waals surface area contributed by atoms with Crippen LogP contribution in [0, 0.1) is 0 Å². The average molecular weight is 222 g/mol. The van der Waals surface area contributed by atoms with E-state index in [0.29, 0.717) is 16.7 Å². The molecule has 0 fully saturated rings. The normalized spacial score (nSPS) is 10.2. The lowest BCUT2D eigenvalue weighted by molar-refractivity contribution is -0.107. The van der Waals surface area contributed by atoms with Gasteiger partial charge in [-0.15, -0.1) is 0 Å². The van der Waals surface area contributed by atoms with Crippen molar-refractivity contribution in [1.82, 2.24) is 4.98 Å². The minimum absolute atomic E-state index is 0.244. The molecule has 3 nitrogen and oxygen atoms in total. The Bertz CT molecular complexity index is 479. The second-order valence-electron chi connectivity index (χ2n) is 3.01. The molecular weight excluding hydrogens is 214 g/mol. The Hall–Kier alpha value is -1.61. The van der Waals surface area contributed by atoms with Crippen molar-refractivity contribution in [3.05, 3.63) is 41.2 Å². The largest absolute Gasteiger partial charge is 0.441 e. The Labute approximate surface area is 91.7 Å². The molecular formula is C11H8ClNO2. The van der Waals surface area contributed by atoms with Crippen molar-refractivity contribution >= 4 is 17.9 Å². The first-order valence-corrected chi connectivity index (χ1v) is 4.81. The maximum Gasteiger partial charge on any atom is 0.226 e. The Balaban J connectivity index is 2.32. The number of carbonyl (C=O) groups excluding carboxylic acids is 1. The maximum absolute atomic E-state index is 10.3. The summed E-state index contributed by atoms with van der Waals surface area (Å²) in [5.74, 6) is 1.04. The molecule has 0 spiro atoms. The van der Waals surface area contributed by atoms with Crippen molar-refractivity contribution in [1.29, 1.82) is 0 Å².